The minimum Gasteiger partial charge on any atom is -0.508 e. The lowest BCUT2D eigenvalue weighted by Gasteiger charge is -2.47. The van der Waals surface area contributed by atoms with Crippen molar-refractivity contribution in [1.29, 1.82) is 0 Å². The van der Waals surface area contributed by atoms with Crippen molar-refractivity contribution < 1.29 is 27.4 Å². The van der Waals surface area contributed by atoms with Gasteiger partial charge in [-0.2, -0.15) is 18.3 Å². The smallest absolute Gasteiger partial charge is 0.419 e. The Kier molecular flexibility index (Phi) is 4.81. The van der Waals surface area contributed by atoms with E-state index in [0.717, 1.165) is 31.3 Å². The highest BCUT2D eigenvalue weighted by atomic mass is 19.4. The largest absolute Gasteiger partial charge is 0.508 e. The number of piperidine rings is 1. The number of rotatable bonds is 4. The van der Waals surface area contributed by atoms with Gasteiger partial charge in [0.25, 0.3) is 0 Å². The normalized spacial score (nSPS) is 21.3. The van der Waals surface area contributed by atoms with Crippen molar-refractivity contribution in [1.82, 2.24) is 15.2 Å². The van der Waals surface area contributed by atoms with Gasteiger partial charge >= 0.3 is 6.18 Å². The molecule has 3 aliphatic rings. The van der Waals surface area contributed by atoms with Crippen LogP contribution in [0.2, 0.25) is 0 Å². The van der Waals surface area contributed by atoms with Crippen LogP contribution in [0.1, 0.15) is 30.5 Å². The molecule has 0 spiro atoms. The summed E-state index contributed by atoms with van der Waals surface area (Å²) >= 11 is 0. The number of fused-ring (bicyclic) bond motifs is 3. The molecule has 11 heteroatoms. The summed E-state index contributed by atoms with van der Waals surface area (Å²) in [5, 5.41) is 21.2. The van der Waals surface area contributed by atoms with E-state index in [9.17, 15) is 22.7 Å². The number of nitrogens with zero attached hydrogens (tertiary/aromatic N) is 4. The molecule has 0 aliphatic carbocycles. The first-order valence-corrected chi connectivity index (χ1v) is 10.1. The summed E-state index contributed by atoms with van der Waals surface area (Å²) < 4.78 is 59.7. The van der Waals surface area contributed by atoms with Gasteiger partial charge in [-0.05, 0) is 25.1 Å². The van der Waals surface area contributed by atoms with E-state index in [1.807, 2.05) is 6.07 Å². The molecule has 5 heterocycles. The number of halogens is 4. The van der Waals surface area contributed by atoms with E-state index in [2.05, 4.69) is 25.4 Å². The van der Waals surface area contributed by atoms with E-state index < -0.39 is 29.3 Å². The van der Waals surface area contributed by atoms with Crippen molar-refractivity contribution in [3.63, 3.8) is 0 Å². The van der Waals surface area contributed by atoms with Crippen LogP contribution in [0.5, 0.6) is 5.75 Å². The van der Waals surface area contributed by atoms with Gasteiger partial charge in [-0.15, -0.1) is 5.10 Å². The third kappa shape index (κ3) is 3.66. The summed E-state index contributed by atoms with van der Waals surface area (Å²) in [6.07, 6.45) is -0.377. The SMILES string of the molecule is C[C@@H](Nc1cnnc2ncc(N3CC4CC(C3)O4)cc12)c1cc(O)cc(C(F)(F)F)c1F. The van der Waals surface area contributed by atoms with Gasteiger partial charge < -0.3 is 20.1 Å². The quantitative estimate of drug-likeness (QED) is 0.582. The van der Waals surface area contributed by atoms with Crippen molar-refractivity contribution in [3.05, 3.63) is 47.5 Å². The molecule has 2 N–H and O–H groups in total. The highest BCUT2D eigenvalue weighted by Gasteiger charge is 2.39. The van der Waals surface area contributed by atoms with E-state index in [-0.39, 0.29) is 17.8 Å². The summed E-state index contributed by atoms with van der Waals surface area (Å²) in [7, 11) is 0. The zero-order chi connectivity index (χ0) is 22.6. The summed E-state index contributed by atoms with van der Waals surface area (Å²) in [4.78, 5) is 6.52. The highest BCUT2D eigenvalue weighted by Crippen LogP contribution is 2.38. The number of phenols is 1. The molecule has 0 radical (unpaired) electrons. The minimum atomic E-state index is -4.93. The molecular weight excluding hydrogens is 430 g/mol. The predicted molar refractivity (Wildman–Crippen MR) is 108 cm³/mol. The van der Waals surface area contributed by atoms with E-state index in [1.165, 1.54) is 13.1 Å². The van der Waals surface area contributed by atoms with Crippen LogP contribution >= 0.6 is 0 Å². The summed E-state index contributed by atoms with van der Waals surface area (Å²) in [5.41, 5.74) is -0.196. The fourth-order valence-electron chi connectivity index (χ4n) is 4.25. The summed E-state index contributed by atoms with van der Waals surface area (Å²) in [5.74, 6) is -2.11. The van der Waals surface area contributed by atoms with E-state index in [4.69, 9.17) is 4.74 Å². The number of ether oxygens (including phenoxy) is 1. The van der Waals surface area contributed by atoms with E-state index >= 15 is 0 Å². The maximum atomic E-state index is 14.6. The molecule has 3 atom stereocenters. The number of benzene rings is 1. The van der Waals surface area contributed by atoms with Crippen molar-refractivity contribution in [2.45, 2.75) is 37.8 Å². The first-order valence-electron chi connectivity index (χ1n) is 10.1. The lowest BCUT2D eigenvalue weighted by atomic mass is 9.98. The number of hydrogen-bond donors (Lipinski definition) is 2. The third-order valence-corrected chi connectivity index (χ3v) is 5.84. The molecule has 3 fully saturated rings. The molecule has 32 heavy (non-hydrogen) atoms. The van der Waals surface area contributed by atoms with Gasteiger partial charge in [0, 0.05) is 30.5 Å². The number of alkyl halides is 3. The maximum Gasteiger partial charge on any atom is 0.419 e. The summed E-state index contributed by atoms with van der Waals surface area (Å²) in [6.45, 7) is 2.99. The molecule has 3 saturated heterocycles. The van der Waals surface area contributed by atoms with Gasteiger partial charge in [-0.25, -0.2) is 9.37 Å². The van der Waals surface area contributed by atoms with Gasteiger partial charge in [-0.3, -0.25) is 0 Å². The van der Waals surface area contributed by atoms with Gasteiger partial charge in [0.05, 0.1) is 47.6 Å². The molecule has 168 valence electrons. The minimum absolute atomic E-state index is 0.203. The van der Waals surface area contributed by atoms with E-state index in [1.54, 1.807) is 6.20 Å². The second-order valence-electron chi connectivity index (χ2n) is 8.10. The average Bonchev–Trinajstić information content (AvgIpc) is 2.74. The maximum absolute atomic E-state index is 14.6. The van der Waals surface area contributed by atoms with Gasteiger partial charge in [0.1, 0.15) is 11.6 Å². The van der Waals surface area contributed by atoms with Gasteiger partial charge in [0.2, 0.25) is 0 Å². The topological polar surface area (TPSA) is 83.4 Å². The fraction of sp³-hybridized carbons (Fsp3) is 0.381. The molecule has 2 aromatic heterocycles. The Balaban J connectivity index is 1.47. The molecule has 7 nitrogen and oxygen atoms in total. The number of anilines is 2. The number of aromatic hydroxyl groups is 1. The van der Waals surface area contributed by atoms with Crippen LogP contribution in [0.3, 0.4) is 0 Å². The molecule has 2 unspecified atom stereocenters. The Hall–Kier alpha value is -3.21. The molecule has 6 rings (SSSR count). The number of aromatic nitrogens is 3. The Morgan fingerprint density at radius 3 is 2.59 bits per heavy atom. The van der Waals surface area contributed by atoms with Crippen LogP contribution in [0.25, 0.3) is 11.0 Å². The molecule has 0 amide bonds. The number of nitrogens with one attached hydrogen (secondary N) is 1. The van der Waals surface area contributed by atoms with Crippen molar-refractivity contribution >= 4 is 22.4 Å². The fourth-order valence-corrected chi connectivity index (χ4v) is 4.25. The lowest BCUT2D eigenvalue weighted by molar-refractivity contribution is -0.140. The first kappa shape index (κ1) is 20.7. The van der Waals surface area contributed by atoms with Crippen LogP contribution in [-0.4, -0.2) is 45.6 Å². The molecule has 1 aromatic carbocycles. The molecule has 0 saturated carbocycles. The lowest BCUT2D eigenvalue weighted by Crippen LogP contribution is -2.57. The van der Waals surface area contributed by atoms with Gasteiger partial charge in [0.15, 0.2) is 5.65 Å². The number of pyridine rings is 1. The van der Waals surface area contributed by atoms with Crippen LogP contribution in [0, 0.1) is 5.82 Å². The van der Waals surface area contributed by atoms with E-state index in [0.29, 0.717) is 22.8 Å². The van der Waals surface area contributed by atoms with Crippen LogP contribution in [0.15, 0.2) is 30.6 Å². The van der Waals surface area contributed by atoms with Crippen LogP contribution < -0.4 is 10.2 Å². The molecular formula is C21H19F4N5O2. The third-order valence-electron chi connectivity index (χ3n) is 5.84. The Bertz CT molecular complexity index is 1170. The van der Waals surface area contributed by atoms with Gasteiger partial charge in [-0.1, -0.05) is 0 Å². The number of phenolic OH excluding ortho intramolecular Hbond substituents is 1. The Labute approximate surface area is 180 Å². The van der Waals surface area contributed by atoms with Crippen molar-refractivity contribution in [2.24, 2.45) is 0 Å². The standard InChI is InChI=1S/C21H19F4N5O2/c1-10(15-3-12(31)4-17(19(15)22)21(23,24)25)28-18-7-27-29-20-16(18)2-11(6-26-20)30-8-13-5-14(9-30)32-13/h2-4,6-7,10,13-14,31H,5,8-9H2,1H3,(H,26,28,29)/t10-,13?,14?/m1/s1. The predicted octanol–water partition coefficient (Wildman–Crippen LogP) is 4.04. The zero-order valence-corrected chi connectivity index (χ0v) is 16.9. The Morgan fingerprint density at radius 1 is 1.19 bits per heavy atom. The molecule has 3 aromatic rings. The van der Waals surface area contributed by atoms with Crippen molar-refractivity contribution in [2.75, 3.05) is 23.3 Å². The van der Waals surface area contributed by atoms with Crippen molar-refractivity contribution in [3.8, 4) is 5.75 Å². The second kappa shape index (κ2) is 7.44. The second-order valence-corrected chi connectivity index (χ2v) is 8.10. The molecule has 3 aliphatic heterocycles. The summed E-state index contributed by atoms with van der Waals surface area (Å²) in [6, 6.07) is 2.31. The number of hydrogen-bond acceptors (Lipinski definition) is 7. The average molecular weight is 449 g/mol. The van der Waals surface area contributed by atoms with Crippen LogP contribution in [0.4, 0.5) is 28.9 Å². The highest BCUT2D eigenvalue weighted by molar-refractivity contribution is 5.90. The molecule has 2 bridgehead atoms. The Morgan fingerprint density at radius 2 is 1.91 bits per heavy atom. The first-order chi connectivity index (χ1) is 15.2. The monoisotopic (exact) mass is 449 g/mol. The number of morpholine rings is 1. The zero-order valence-electron chi connectivity index (χ0n) is 16.9. The van der Waals surface area contributed by atoms with Crippen LogP contribution in [-0.2, 0) is 10.9 Å².